The third kappa shape index (κ3) is 3.47. The van der Waals surface area contributed by atoms with E-state index in [-0.39, 0.29) is 0 Å². The lowest BCUT2D eigenvalue weighted by molar-refractivity contribution is 0.118. The fraction of sp³-hybridized carbons (Fsp3) is 0.455. The second kappa shape index (κ2) is 5.60. The topological polar surface area (TPSA) is 35.2 Å². The highest BCUT2D eigenvalue weighted by Crippen LogP contribution is 2.10. The Morgan fingerprint density at radius 1 is 1.54 bits per heavy atom. The second-order valence-electron chi connectivity index (χ2n) is 3.02. The lowest BCUT2D eigenvalue weighted by Crippen LogP contribution is -1.99. The van der Waals surface area contributed by atoms with Crippen LogP contribution < -0.4 is 5.73 Å². The number of hydrogen-bond acceptors (Lipinski definition) is 2. The monoisotopic (exact) mass is 178 g/mol. The molecule has 0 saturated heterocycles. The molecule has 71 valence electrons. The van der Waals surface area contributed by atoms with E-state index in [0.717, 1.165) is 25.0 Å². The number of benzene rings is 1. The lowest BCUT2D eigenvalue weighted by Gasteiger charge is -2.05. The van der Waals surface area contributed by atoms with Gasteiger partial charge in [-0.15, -0.1) is 0 Å². The molecule has 1 aromatic carbocycles. The van der Waals surface area contributed by atoms with Crippen LogP contribution in [0, 0.1) is 6.07 Å². The number of ether oxygens (including phenoxy) is 1. The molecule has 0 fully saturated rings. The highest BCUT2D eigenvalue weighted by Gasteiger charge is 1.96. The number of hydrogen-bond donors (Lipinski definition) is 1. The maximum absolute atomic E-state index is 5.70. The van der Waals surface area contributed by atoms with Crippen molar-refractivity contribution >= 4 is 5.69 Å². The van der Waals surface area contributed by atoms with Crippen LogP contribution in [0.4, 0.5) is 5.69 Å². The molecular weight excluding hydrogens is 162 g/mol. The van der Waals surface area contributed by atoms with Crippen LogP contribution in [0.2, 0.25) is 0 Å². The minimum absolute atomic E-state index is 0.600. The van der Waals surface area contributed by atoms with Crippen LogP contribution in [-0.2, 0) is 11.3 Å². The van der Waals surface area contributed by atoms with Gasteiger partial charge < -0.3 is 10.5 Å². The summed E-state index contributed by atoms with van der Waals surface area (Å²) in [5.41, 5.74) is 7.42. The van der Waals surface area contributed by atoms with Crippen LogP contribution in [-0.4, -0.2) is 6.61 Å². The number of rotatable bonds is 5. The van der Waals surface area contributed by atoms with E-state index in [1.807, 2.05) is 18.2 Å². The largest absolute Gasteiger partial charge is 0.398 e. The maximum atomic E-state index is 5.70. The van der Waals surface area contributed by atoms with Crippen molar-refractivity contribution in [3.05, 3.63) is 29.8 Å². The Morgan fingerprint density at radius 3 is 3.08 bits per heavy atom. The van der Waals surface area contributed by atoms with Gasteiger partial charge in [-0.3, -0.25) is 0 Å². The minimum Gasteiger partial charge on any atom is -0.398 e. The predicted molar refractivity (Wildman–Crippen MR) is 54.3 cm³/mol. The van der Waals surface area contributed by atoms with E-state index in [4.69, 9.17) is 10.5 Å². The van der Waals surface area contributed by atoms with Gasteiger partial charge in [0, 0.05) is 23.9 Å². The van der Waals surface area contributed by atoms with Crippen molar-refractivity contribution in [2.45, 2.75) is 26.4 Å². The lowest BCUT2D eigenvalue weighted by atomic mass is 10.2. The molecule has 2 heteroatoms. The second-order valence-corrected chi connectivity index (χ2v) is 3.02. The zero-order chi connectivity index (χ0) is 9.52. The Kier molecular flexibility index (Phi) is 4.33. The van der Waals surface area contributed by atoms with E-state index in [1.54, 1.807) is 0 Å². The first-order valence-corrected chi connectivity index (χ1v) is 4.67. The van der Waals surface area contributed by atoms with Gasteiger partial charge in [-0.2, -0.15) is 0 Å². The molecule has 0 spiro atoms. The van der Waals surface area contributed by atoms with Crippen molar-refractivity contribution in [2.24, 2.45) is 0 Å². The van der Waals surface area contributed by atoms with Crippen molar-refractivity contribution in [3.8, 4) is 0 Å². The highest BCUT2D eigenvalue weighted by atomic mass is 16.5. The van der Waals surface area contributed by atoms with Crippen molar-refractivity contribution in [3.63, 3.8) is 0 Å². The Hall–Kier alpha value is -1.02. The minimum atomic E-state index is 0.600. The summed E-state index contributed by atoms with van der Waals surface area (Å²) in [6, 6.07) is 8.64. The molecule has 0 heterocycles. The Morgan fingerprint density at radius 2 is 2.38 bits per heavy atom. The number of nitrogens with two attached hydrogens (primary N) is 1. The van der Waals surface area contributed by atoms with E-state index in [1.165, 1.54) is 0 Å². The maximum Gasteiger partial charge on any atom is 0.0737 e. The summed E-state index contributed by atoms with van der Waals surface area (Å²) in [7, 11) is 0. The van der Waals surface area contributed by atoms with Gasteiger partial charge >= 0.3 is 0 Å². The number of para-hydroxylation sites is 1. The van der Waals surface area contributed by atoms with Crippen molar-refractivity contribution in [2.75, 3.05) is 12.3 Å². The molecule has 2 N–H and O–H groups in total. The van der Waals surface area contributed by atoms with E-state index >= 15 is 0 Å². The molecule has 0 bridgehead atoms. The van der Waals surface area contributed by atoms with E-state index in [9.17, 15) is 0 Å². The summed E-state index contributed by atoms with van der Waals surface area (Å²) in [5.74, 6) is 0. The van der Waals surface area contributed by atoms with Gasteiger partial charge in [0.05, 0.1) is 6.61 Å². The fourth-order valence-electron chi connectivity index (χ4n) is 1.04. The fourth-order valence-corrected chi connectivity index (χ4v) is 1.04. The summed E-state index contributed by atoms with van der Waals surface area (Å²) in [4.78, 5) is 0. The van der Waals surface area contributed by atoms with Crippen molar-refractivity contribution in [1.29, 1.82) is 0 Å². The number of anilines is 1. The first kappa shape index (κ1) is 10.1. The van der Waals surface area contributed by atoms with Gasteiger partial charge in [-0.05, 0) is 6.42 Å². The van der Waals surface area contributed by atoms with Crippen LogP contribution in [0.25, 0.3) is 0 Å². The normalized spacial score (nSPS) is 10.2. The summed E-state index contributed by atoms with van der Waals surface area (Å²) in [6.45, 7) is 3.56. The van der Waals surface area contributed by atoms with Gasteiger partial charge in [-0.1, -0.05) is 31.5 Å². The first-order valence-electron chi connectivity index (χ1n) is 4.67. The number of unbranched alkanes of at least 4 members (excludes halogenated alkanes) is 1. The van der Waals surface area contributed by atoms with E-state index < -0.39 is 0 Å². The summed E-state index contributed by atoms with van der Waals surface area (Å²) < 4.78 is 5.44. The average Bonchev–Trinajstić information content (AvgIpc) is 2.15. The third-order valence-corrected chi connectivity index (χ3v) is 1.88. The van der Waals surface area contributed by atoms with Crippen LogP contribution in [0.1, 0.15) is 25.3 Å². The van der Waals surface area contributed by atoms with Gasteiger partial charge in [-0.25, -0.2) is 0 Å². The molecule has 13 heavy (non-hydrogen) atoms. The molecule has 0 aromatic heterocycles. The van der Waals surface area contributed by atoms with Crippen LogP contribution >= 0.6 is 0 Å². The zero-order valence-electron chi connectivity index (χ0n) is 8.05. The molecule has 0 aliphatic rings. The Balaban J connectivity index is 2.32. The summed E-state index contributed by atoms with van der Waals surface area (Å²) >= 11 is 0. The van der Waals surface area contributed by atoms with E-state index in [2.05, 4.69) is 13.0 Å². The molecule has 1 aromatic rings. The van der Waals surface area contributed by atoms with Gasteiger partial charge in [0.25, 0.3) is 0 Å². The molecule has 0 amide bonds. The molecule has 0 unspecified atom stereocenters. The smallest absolute Gasteiger partial charge is 0.0737 e. The SMILES string of the molecule is CCCCOCc1ccc[c]c1N. The molecule has 0 atom stereocenters. The first-order chi connectivity index (χ1) is 6.34. The van der Waals surface area contributed by atoms with Crippen LogP contribution in [0.15, 0.2) is 18.2 Å². The van der Waals surface area contributed by atoms with Gasteiger partial charge in [0.1, 0.15) is 0 Å². The molecule has 0 aliphatic carbocycles. The summed E-state index contributed by atoms with van der Waals surface area (Å²) in [5, 5.41) is 0. The summed E-state index contributed by atoms with van der Waals surface area (Å²) in [6.07, 6.45) is 2.27. The molecular formula is C11H16NO. The molecule has 1 radical (unpaired) electrons. The van der Waals surface area contributed by atoms with Gasteiger partial charge in [0.15, 0.2) is 0 Å². The van der Waals surface area contributed by atoms with Crippen molar-refractivity contribution < 1.29 is 4.74 Å². The van der Waals surface area contributed by atoms with E-state index in [0.29, 0.717) is 12.3 Å². The molecule has 0 aliphatic heterocycles. The van der Waals surface area contributed by atoms with Crippen LogP contribution in [0.3, 0.4) is 0 Å². The van der Waals surface area contributed by atoms with Crippen molar-refractivity contribution in [1.82, 2.24) is 0 Å². The molecule has 0 saturated carbocycles. The Bertz CT molecular complexity index is 248. The van der Waals surface area contributed by atoms with Crippen LogP contribution in [0.5, 0.6) is 0 Å². The number of nitrogen functional groups attached to an aromatic ring is 1. The quantitative estimate of drug-likeness (QED) is 0.555. The standard InChI is InChI=1S/C11H16NO/c1-2-3-8-13-9-10-6-4-5-7-11(10)12/h4-6H,2-3,8-9,12H2,1H3. The average molecular weight is 178 g/mol. The highest BCUT2D eigenvalue weighted by molar-refractivity contribution is 5.44. The Labute approximate surface area is 79.7 Å². The molecule has 2 nitrogen and oxygen atoms in total. The molecule has 1 rings (SSSR count). The zero-order valence-corrected chi connectivity index (χ0v) is 8.05. The van der Waals surface area contributed by atoms with Gasteiger partial charge in [0.2, 0.25) is 0 Å². The predicted octanol–water partition coefficient (Wildman–Crippen LogP) is 2.39. The third-order valence-electron chi connectivity index (χ3n) is 1.88.